The van der Waals surface area contributed by atoms with Crippen molar-refractivity contribution in [2.75, 3.05) is 13.1 Å². The van der Waals surface area contributed by atoms with Crippen molar-refractivity contribution in [3.63, 3.8) is 0 Å². The van der Waals surface area contributed by atoms with E-state index < -0.39 is 0 Å². The highest BCUT2D eigenvalue weighted by Crippen LogP contribution is 2.22. The third kappa shape index (κ3) is 4.25. The SMILES string of the molecule is O=C(OCc1ccccc1)N1CC(n2cc(COc3ccccc3)nn2)C1. The quantitative estimate of drug-likeness (QED) is 0.672. The number of hydrogen-bond donors (Lipinski definition) is 0. The zero-order valence-electron chi connectivity index (χ0n) is 14.8. The zero-order chi connectivity index (χ0) is 18.5. The van der Waals surface area contributed by atoms with Crippen molar-refractivity contribution in [1.82, 2.24) is 19.9 Å². The molecule has 0 spiro atoms. The third-order valence-electron chi connectivity index (χ3n) is 4.39. The monoisotopic (exact) mass is 364 g/mol. The van der Waals surface area contributed by atoms with Crippen LogP contribution in [0.15, 0.2) is 66.9 Å². The van der Waals surface area contributed by atoms with Crippen LogP contribution in [0.25, 0.3) is 0 Å². The molecule has 1 aromatic heterocycles. The zero-order valence-corrected chi connectivity index (χ0v) is 14.8. The van der Waals surface area contributed by atoms with Crippen molar-refractivity contribution in [3.8, 4) is 5.75 Å². The number of carbonyl (C=O) groups excluding carboxylic acids is 1. The fraction of sp³-hybridized carbons (Fsp3) is 0.250. The number of hydrogen-bond acceptors (Lipinski definition) is 5. The summed E-state index contributed by atoms with van der Waals surface area (Å²) in [7, 11) is 0. The molecular weight excluding hydrogens is 344 g/mol. The first kappa shape index (κ1) is 17.1. The topological polar surface area (TPSA) is 69.5 Å². The summed E-state index contributed by atoms with van der Waals surface area (Å²) in [6.45, 7) is 1.77. The molecule has 0 radical (unpaired) electrons. The molecule has 1 aliphatic rings. The standard InChI is InChI=1S/C20H20N4O3/c25-20(27-14-16-7-3-1-4-8-16)23-12-18(13-23)24-11-17(21-22-24)15-26-19-9-5-2-6-10-19/h1-11,18H,12-15H2. The van der Waals surface area contributed by atoms with Crippen LogP contribution in [-0.2, 0) is 18.0 Å². The Balaban J connectivity index is 1.22. The van der Waals surface area contributed by atoms with E-state index in [2.05, 4.69) is 10.3 Å². The highest BCUT2D eigenvalue weighted by molar-refractivity contribution is 5.68. The van der Waals surface area contributed by atoms with Crippen LogP contribution >= 0.6 is 0 Å². The molecule has 0 atom stereocenters. The Morgan fingerprint density at radius 3 is 2.44 bits per heavy atom. The second kappa shape index (κ2) is 7.90. The lowest BCUT2D eigenvalue weighted by molar-refractivity contribution is 0.0491. The molecule has 1 saturated heterocycles. The van der Waals surface area contributed by atoms with Gasteiger partial charge in [-0.25, -0.2) is 9.48 Å². The minimum absolute atomic E-state index is 0.118. The van der Waals surface area contributed by atoms with E-state index >= 15 is 0 Å². The number of aromatic nitrogens is 3. The molecule has 4 rings (SSSR count). The fourth-order valence-corrected chi connectivity index (χ4v) is 2.81. The molecule has 2 aromatic carbocycles. The van der Waals surface area contributed by atoms with Gasteiger partial charge in [0.2, 0.25) is 0 Å². The van der Waals surface area contributed by atoms with Crippen LogP contribution in [-0.4, -0.2) is 39.1 Å². The number of ether oxygens (including phenoxy) is 2. The molecule has 138 valence electrons. The molecule has 0 aliphatic carbocycles. The molecule has 3 aromatic rings. The Labute approximate surface area is 157 Å². The molecule has 7 heteroatoms. The Kier molecular flexibility index (Phi) is 5.00. The average molecular weight is 364 g/mol. The van der Waals surface area contributed by atoms with Crippen LogP contribution in [0.1, 0.15) is 17.3 Å². The second-order valence-corrected chi connectivity index (χ2v) is 6.39. The molecule has 0 unspecified atom stereocenters. The maximum atomic E-state index is 12.1. The van der Waals surface area contributed by atoms with Crippen molar-refractivity contribution >= 4 is 6.09 Å². The van der Waals surface area contributed by atoms with Crippen LogP contribution in [0.4, 0.5) is 4.79 Å². The van der Waals surface area contributed by atoms with Gasteiger partial charge in [-0.05, 0) is 17.7 Å². The van der Waals surface area contributed by atoms with Gasteiger partial charge in [0.05, 0.1) is 12.2 Å². The van der Waals surface area contributed by atoms with Gasteiger partial charge in [0.25, 0.3) is 0 Å². The summed E-state index contributed by atoms with van der Waals surface area (Å²) < 4.78 is 12.8. The third-order valence-corrected chi connectivity index (χ3v) is 4.39. The van der Waals surface area contributed by atoms with Crippen molar-refractivity contribution in [3.05, 3.63) is 78.1 Å². The largest absolute Gasteiger partial charge is 0.487 e. The minimum Gasteiger partial charge on any atom is -0.487 e. The summed E-state index contributed by atoms with van der Waals surface area (Å²) in [5.74, 6) is 0.794. The smallest absolute Gasteiger partial charge is 0.410 e. The number of rotatable bonds is 6. The maximum absolute atomic E-state index is 12.1. The lowest BCUT2D eigenvalue weighted by Gasteiger charge is -2.37. The van der Waals surface area contributed by atoms with Crippen molar-refractivity contribution < 1.29 is 14.3 Å². The van der Waals surface area contributed by atoms with Crippen LogP contribution in [0.2, 0.25) is 0 Å². The van der Waals surface area contributed by atoms with Gasteiger partial charge in [-0.2, -0.15) is 0 Å². The first-order valence-electron chi connectivity index (χ1n) is 8.82. The van der Waals surface area contributed by atoms with E-state index in [-0.39, 0.29) is 18.7 Å². The van der Waals surface area contributed by atoms with Crippen molar-refractivity contribution in [1.29, 1.82) is 0 Å². The number of carbonyl (C=O) groups is 1. The minimum atomic E-state index is -0.303. The van der Waals surface area contributed by atoms with Gasteiger partial charge < -0.3 is 14.4 Å². The maximum Gasteiger partial charge on any atom is 0.410 e. The summed E-state index contributed by atoms with van der Waals surface area (Å²) in [5.41, 5.74) is 1.73. The molecule has 27 heavy (non-hydrogen) atoms. The van der Waals surface area contributed by atoms with Gasteiger partial charge >= 0.3 is 6.09 Å². The van der Waals surface area contributed by atoms with E-state index in [1.165, 1.54) is 0 Å². The van der Waals surface area contributed by atoms with E-state index in [4.69, 9.17) is 9.47 Å². The van der Waals surface area contributed by atoms with E-state index in [0.717, 1.165) is 17.0 Å². The number of nitrogens with zero attached hydrogens (tertiary/aromatic N) is 4. The lowest BCUT2D eigenvalue weighted by atomic mass is 10.1. The molecule has 0 bridgehead atoms. The van der Waals surface area contributed by atoms with E-state index in [9.17, 15) is 4.79 Å². The number of amides is 1. The van der Waals surface area contributed by atoms with E-state index in [0.29, 0.717) is 19.7 Å². The summed E-state index contributed by atoms with van der Waals surface area (Å²) in [5, 5.41) is 8.28. The Bertz CT molecular complexity index is 877. The lowest BCUT2D eigenvalue weighted by Crippen LogP contribution is -2.51. The normalized spacial score (nSPS) is 13.9. The Morgan fingerprint density at radius 1 is 1.00 bits per heavy atom. The van der Waals surface area contributed by atoms with Crippen LogP contribution in [0.3, 0.4) is 0 Å². The summed E-state index contributed by atoms with van der Waals surface area (Å²) in [4.78, 5) is 13.7. The molecule has 0 N–H and O–H groups in total. The fourth-order valence-electron chi connectivity index (χ4n) is 2.81. The van der Waals surface area contributed by atoms with Gasteiger partial charge in [0.1, 0.15) is 24.7 Å². The molecule has 1 fully saturated rings. The molecule has 7 nitrogen and oxygen atoms in total. The van der Waals surface area contributed by atoms with Crippen LogP contribution < -0.4 is 4.74 Å². The number of para-hydroxylation sites is 1. The average Bonchev–Trinajstić information content (AvgIpc) is 3.14. The predicted molar refractivity (Wildman–Crippen MR) is 98.0 cm³/mol. The van der Waals surface area contributed by atoms with Gasteiger partial charge in [0, 0.05) is 13.1 Å². The van der Waals surface area contributed by atoms with Crippen LogP contribution in [0.5, 0.6) is 5.75 Å². The summed E-state index contributed by atoms with van der Waals surface area (Å²) in [6.07, 6.45) is 1.56. The van der Waals surface area contributed by atoms with Crippen molar-refractivity contribution in [2.45, 2.75) is 19.3 Å². The summed E-state index contributed by atoms with van der Waals surface area (Å²) >= 11 is 0. The van der Waals surface area contributed by atoms with Crippen molar-refractivity contribution in [2.24, 2.45) is 0 Å². The molecule has 2 heterocycles. The number of benzene rings is 2. The Hall–Kier alpha value is -3.35. The summed E-state index contributed by atoms with van der Waals surface area (Å²) in [6, 6.07) is 19.3. The second-order valence-electron chi connectivity index (χ2n) is 6.39. The Morgan fingerprint density at radius 2 is 1.70 bits per heavy atom. The van der Waals surface area contributed by atoms with E-state index in [1.807, 2.05) is 66.9 Å². The number of likely N-dealkylation sites (tertiary alicyclic amines) is 1. The van der Waals surface area contributed by atoms with Gasteiger partial charge in [-0.1, -0.05) is 53.7 Å². The first-order valence-corrected chi connectivity index (χ1v) is 8.82. The van der Waals surface area contributed by atoms with Crippen LogP contribution in [0, 0.1) is 0 Å². The predicted octanol–water partition coefficient (Wildman–Crippen LogP) is 3.05. The van der Waals surface area contributed by atoms with E-state index in [1.54, 1.807) is 9.58 Å². The van der Waals surface area contributed by atoms with Gasteiger partial charge in [-0.3, -0.25) is 0 Å². The highest BCUT2D eigenvalue weighted by Gasteiger charge is 2.33. The molecule has 1 amide bonds. The molecule has 0 saturated carbocycles. The van der Waals surface area contributed by atoms with Gasteiger partial charge in [0.15, 0.2) is 0 Å². The highest BCUT2D eigenvalue weighted by atomic mass is 16.6. The molecule has 1 aliphatic heterocycles. The molecular formula is C20H20N4O3. The first-order chi connectivity index (χ1) is 13.3. The van der Waals surface area contributed by atoms with Gasteiger partial charge in [-0.15, -0.1) is 5.10 Å².